The molecule has 0 fully saturated rings. The second-order valence-electron chi connectivity index (χ2n) is 5.68. The molecule has 0 radical (unpaired) electrons. The first-order valence-corrected chi connectivity index (χ1v) is 7.74. The maximum Gasteiger partial charge on any atom is 0.254 e. The summed E-state index contributed by atoms with van der Waals surface area (Å²) in [5, 5.41) is 2.82. The Labute approximate surface area is 139 Å². The molecular formula is C17H19N3O4. The van der Waals surface area contributed by atoms with E-state index in [0.29, 0.717) is 30.0 Å². The number of carbonyl (C=O) groups is 1. The van der Waals surface area contributed by atoms with Crippen LogP contribution in [0.1, 0.15) is 22.6 Å². The molecule has 0 aliphatic carbocycles. The highest BCUT2D eigenvalue weighted by Gasteiger charge is 2.14. The van der Waals surface area contributed by atoms with Crippen molar-refractivity contribution in [3.05, 3.63) is 51.2 Å². The summed E-state index contributed by atoms with van der Waals surface area (Å²) in [6.45, 7) is 4.17. The number of amides is 1. The van der Waals surface area contributed by atoms with Gasteiger partial charge >= 0.3 is 0 Å². The molecule has 1 aliphatic rings. The number of benzene rings is 1. The number of fused-ring (bicyclic) bond motifs is 1. The summed E-state index contributed by atoms with van der Waals surface area (Å²) in [5.41, 5.74) is 1.78. The molecule has 2 aromatic rings. The van der Waals surface area contributed by atoms with E-state index in [1.165, 1.54) is 0 Å². The van der Waals surface area contributed by atoms with Crippen molar-refractivity contribution in [2.24, 2.45) is 0 Å². The minimum Gasteiger partial charge on any atom is -0.454 e. The van der Waals surface area contributed by atoms with Crippen molar-refractivity contribution in [1.82, 2.24) is 15.3 Å². The number of aromatic nitrogens is 2. The zero-order chi connectivity index (χ0) is 17.1. The molecule has 24 heavy (non-hydrogen) atoms. The third-order valence-electron chi connectivity index (χ3n) is 3.85. The number of hydrogen-bond donors (Lipinski definition) is 2. The van der Waals surface area contributed by atoms with E-state index < -0.39 is 0 Å². The van der Waals surface area contributed by atoms with Gasteiger partial charge in [0, 0.05) is 17.8 Å². The summed E-state index contributed by atoms with van der Waals surface area (Å²) < 4.78 is 10.6. The maximum absolute atomic E-state index is 12.0. The summed E-state index contributed by atoms with van der Waals surface area (Å²) in [6, 6.07) is 5.71. The number of ether oxygens (including phenoxy) is 2. The number of nitrogens with one attached hydrogen (secondary N) is 2. The first kappa shape index (κ1) is 16.0. The molecule has 126 valence electrons. The lowest BCUT2D eigenvalue weighted by Gasteiger charge is -2.07. The molecule has 7 heteroatoms. The van der Waals surface area contributed by atoms with Crippen LogP contribution in [0.15, 0.2) is 23.0 Å². The minimum atomic E-state index is -0.258. The monoisotopic (exact) mass is 329 g/mol. The van der Waals surface area contributed by atoms with Gasteiger partial charge in [-0.3, -0.25) is 9.59 Å². The summed E-state index contributed by atoms with van der Waals surface area (Å²) >= 11 is 0. The third kappa shape index (κ3) is 3.56. The summed E-state index contributed by atoms with van der Waals surface area (Å²) in [7, 11) is 0. The van der Waals surface area contributed by atoms with E-state index in [-0.39, 0.29) is 24.7 Å². The number of H-pyrrole nitrogens is 1. The van der Waals surface area contributed by atoms with E-state index in [4.69, 9.17) is 9.47 Å². The van der Waals surface area contributed by atoms with Crippen molar-refractivity contribution in [2.75, 3.05) is 13.3 Å². The Morgan fingerprint density at radius 3 is 2.88 bits per heavy atom. The highest BCUT2D eigenvalue weighted by Crippen LogP contribution is 2.32. The van der Waals surface area contributed by atoms with Crippen LogP contribution < -0.4 is 20.3 Å². The van der Waals surface area contributed by atoms with E-state index in [1.807, 2.05) is 18.2 Å². The van der Waals surface area contributed by atoms with E-state index >= 15 is 0 Å². The van der Waals surface area contributed by atoms with Crippen molar-refractivity contribution in [2.45, 2.75) is 26.7 Å². The van der Waals surface area contributed by atoms with E-state index in [0.717, 1.165) is 17.1 Å². The van der Waals surface area contributed by atoms with Gasteiger partial charge in [-0.05, 0) is 38.0 Å². The lowest BCUT2D eigenvalue weighted by Crippen LogP contribution is -2.30. The Kier molecular flexibility index (Phi) is 4.50. The normalized spacial score (nSPS) is 12.2. The maximum atomic E-state index is 12.0. The first-order chi connectivity index (χ1) is 11.5. The average Bonchev–Trinajstić information content (AvgIpc) is 2.98. The predicted molar refractivity (Wildman–Crippen MR) is 87.3 cm³/mol. The molecule has 0 atom stereocenters. The Morgan fingerprint density at radius 1 is 1.29 bits per heavy atom. The smallest absolute Gasteiger partial charge is 0.254 e. The van der Waals surface area contributed by atoms with Crippen molar-refractivity contribution in [3.8, 4) is 11.5 Å². The topological polar surface area (TPSA) is 93.3 Å². The molecule has 2 N–H and O–H groups in total. The summed E-state index contributed by atoms with van der Waals surface area (Å²) in [5.74, 6) is 1.82. The van der Waals surface area contributed by atoms with Crippen LogP contribution in [-0.2, 0) is 17.6 Å². The van der Waals surface area contributed by atoms with Crippen molar-refractivity contribution >= 4 is 5.91 Å². The Balaban J connectivity index is 1.54. The number of hydrogen-bond acceptors (Lipinski definition) is 5. The fourth-order valence-corrected chi connectivity index (χ4v) is 2.63. The van der Waals surface area contributed by atoms with Gasteiger partial charge in [-0.15, -0.1) is 0 Å². The van der Waals surface area contributed by atoms with Gasteiger partial charge in [0.05, 0.1) is 6.42 Å². The fourth-order valence-electron chi connectivity index (χ4n) is 2.63. The van der Waals surface area contributed by atoms with Gasteiger partial charge in [0.25, 0.3) is 5.56 Å². The third-order valence-corrected chi connectivity index (χ3v) is 3.85. The molecule has 0 saturated heterocycles. The van der Waals surface area contributed by atoms with Crippen LogP contribution in [0.3, 0.4) is 0 Å². The van der Waals surface area contributed by atoms with Crippen LogP contribution in [-0.4, -0.2) is 29.2 Å². The van der Waals surface area contributed by atoms with Gasteiger partial charge < -0.3 is 19.8 Å². The average molecular weight is 329 g/mol. The second-order valence-corrected chi connectivity index (χ2v) is 5.68. The van der Waals surface area contributed by atoms with E-state index in [2.05, 4.69) is 15.3 Å². The molecule has 1 aromatic carbocycles. The Morgan fingerprint density at radius 2 is 2.08 bits per heavy atom. The van der Waals surface area contributed by atoms with Crippen LogP contribution in [0, 0.1) is 13.8 Å². The van der Waals surface area contributed by atoms with E-state index in [1.54, 1.807) is 13.8 Å². The zero-order valence-electron chi connectivity index (χ0n) is 13.6. The number of aryl methyl sites for hydroxylation is 2. The standard InChI is InChI=1S/C17H19N3O4/c1-10-13(17(22)20-11(2)19-10)8-16(21)18-6-5-12-3-4-14-15(7-12)24-9-23-14/h3-4,7H,5-6,8-9H2,1-2H3,(H,18,21)(H,19,20,22). The summed E-state index contributed by atoms with van der Waals surface area (Å²) in [4.78, 5) is 30.7. The lowest BCUT2D eigenvalue weighted by molar-refractivity contribution is -0.120. The number of rotatable bonds is 5. The van der Waals surface area contributed by atoms with E-state index in [9.17, 15) is 9.59 Å². The Hall–Kier alpha value is -2.83. The minimum absolute atomic E-state index is 0.0234. The first-order valence-electron chi connectivity index (χ1n) is 7.74. The van der Waals surface area contributed by atoms with Crippen LogP contribution in [0.2, 0.25) is 0 Å². The fraction of sp³-hybridized carbons (Fsp3) is 0.353. The molecule has 0 bridgehead atoms. The highest BCUT2D eigenvalue weighted by atomic mass is 16.7. The Bertz CT molecular complexity index is 829. The lowest BCUT2D eigenvalue weighted by atomic mass is 10.1. The number of carbonyl (C=O) groups excluding carboxylic acids is 1. The van der Waals surface area contributed by atoms with Gasteiger partial charge in [0.1, 0.15) is 5.82 Å². The molecule has 1 aromatic heterocycles. The molecule has 0 saturated carbocycles. The van der Waals surface area contributed by atoms with Crippen LogP contribution in [0.5, 0.6) is 11.5 Å². The second kappa shape index (κ2) is 6.74. The van der Waals surface area contributed by atoms with Crippen molar-refractivity contribution in [3.63, 3.8) is 0 Å². The van der Waals surface area contributed by atoms with Gasteiger partial charge in [-0.1, -0.05) is 6.07 Å². The molecule has 1 aliphatic heterocycles. The summed E-state index contributed by atoms with van der Waals surface area (Å²) in [6.07, 6.45) is 0.694. The molecular weight excluding hydrogens is 310 g/mol. The molecule has 7 nitrogen and oxygen atoms in total. The van der Waals surface area contributed by atoms with Gasteiger partial charge in [-0.25, -0.2) is 4.98 Å². The van der Waals surface area contributed by atoms with Crippen molar-refractivity contribution in [1.29, 1.82) is 0 Å². The number of nitrogens with zero attached hydrogens (tertiary/aromatic N) is 1. The highest BCUT2D eigenvalue weighted by molar-refractivity contribution is 5.78. The molecule has 1 amide bonds. The number of aromatic amines is 1. The largest absolute Gasteiger partial charge is 0.454 e. The van der Waals surface area contributed by atoms with Crippen molar-refractivity contribution < 1.29 is 14.3 Å². The molecule has 0 unspecified atom stereocenters. The van der Waals surface area contributed by atoms with Crippen LogP contribution in [0.25, 0.3) is 0 Å². The predicted octanol–water partition coefficient (Wildman–Crippen LogP) is 1.02. The molecule has 0 spiro atoms. The molecule has 3 rings (SSSR count). The van der Waals surface area contributed by atoms with Gasteiger partial charge in [-0.2, -0.15) is 0 Å². The van der Waals surface area contributed by atoms with Crippen LogP contribution in [0.4, 0.5) is 0 Å². The molecule has 2 heterocycles. The zero-order valence-corrected chi connectivity index (χ0v) is 13.6. The quantitative estimate of drug-likeness (QED) is 0.854. The van der Waals surface area contributed by atoms with Gasteiger partial charge in [0.2, 0.25) is 12.7 Å². The van der Waals surface area contributed by atoms with Crippen LogP contribution >= 0.6 is 0 Å². The van der Waals surface area contributed by atoms with Gasteiger partial charge in [0.15, 0.2) is 11.5 Å². The SMILES string of the molecule is Cc1nc(C)c(CC(=O)NCCc2ccc3c(c2)OCO3)c(=O)[nH]1.